The van der Waals surface area contributed by atoms with E-state index in [-0.39, 0.29) is 44.0 Å². The van der Waals surface area contributed by atoms with Crippen LogP contribution in [0.3, 0.4) is 0 Å². The van der Waals surface area contributed by atoms with Gasteiger partial charge in [-0.3, -0.25) is 8.98 Å². The molecular formula is C38H56O5S. The molecule has 6 rings (SSSR count). The zero-order valence-corrected chi connectivity index (χ0v) is 29.3. The van der Waals surface area contributed by atoms with Gasteiger partial charge in [-0.15, -0.1) is 0 Å². The minimum Gasteiger partial charge on any atom is -0.469 e. The van der Waals surface area contributed by atoms with Crippen LogP contribution in [0.4, 0.5) is 0 Å². The summed E-state index contributed by atoms with van der Waals surface area (Å²) >= 11 is 0. The predicted octanol–water partition coefficient (Wildman–Crippen LogP) is 8.90. The molecule has 0 bridgehead atoms. The number of hydrogen-bond acceptors (Lipinski definition) is 5. The smallest absolute Gasteiger partial charge is 0.312 e. The molecule has 0 heterocycles. The summed E-state index contributed by atoms with van der Waals surface area (Å²) in [5.41, 5.74) is 2.02. The van der Waals surface area contributed by atoms with Crippen LogP contribution in [0.15, 0.2) is 41.3 Å². The molecule has 5 aliphatic carbocycles. The fourth-order valence-electron chi connectivity index (χ4n) is 12.8. The van der Waals surface area contributed by atoms with E-state index >= 15 is 0 Å². The Labute approximate surface area is 267 Å². The molecule has 44 heavy (non-hydrogen) atoms. The van der Waals surface area contributed by atoms with Crippen LogP contribution in [-0.4, -0.2) is 27.6 Å². The van der Waals surface area contributed by atoms with Gasteiger partial charge in [-0.05, 0) is 141 Å². The molecule has 0 aliphatic heterocycles. The van der Waals surface area contributed by atoms with Crippen molar-refractivity contribution in [3.05, 3.63) is 42.0 Å². The summed E-state index contributed by atoms with van der Waals surface area (Å²) < 4.78 is 38.5. The van der Waals surface area contributed by atoms with E-state index in [4.69, 9.17) is 8.92 Å². The number of hydrogen-bond donors (Lipinski definition) is 0. The second-order valence-corrected chi connectivity index (χ2v) is 18.6. The second-order valence-electron chi connectivity index (χ2n) is 17.0. The van der Waals surface area contributed by atoms with E-state index in [1.807, 2.05) is 19.1 Å². The van der Waals surface area contributed by atoms with E-state index in [9.17, 15) is 13.2 Å². The van der Waals surface area contributed by atoms with Gasteiger partial charge in [0.05, 0.1) is 23.5 Å². The quantitative estimate of drug-likeness (QED) is 0.186. The summed E-state index contributed by atoms with van der Waals surface area (Å²) in [7, 11) is -2.27. The standard InChI is InChI=1S/C38H56O5S/c1-24(2)27-16-21-38(33(39)42-9)23-22-36(7)28(32(27)38)14-15-30-35(6)19-18-31(34(4,5)29(35)17-20-37(30,36)8)43-44(40,41)26-12-10-25(3)11-13-26/h10-13,27-32H,1,14-23H2,2-9H3/t27-,28?,29+,30?,31+,32+,35+,36+,37+,38-/m0/s1. The first-order valence-corrected chi connectivity index (χ1v) is 18.6. The van der Waals surface area contributed by atoms with Gasteiger partial charge in [0.1, 0.15) is 0 Å². The molecule has 6 heteroatoms. The van der Waals surface area contributed by atoms with Crippen LogP contribution >= 0.6 is 0 Å². The molecule has 2 unspecified atom stereocenters. The zero-order valence-electron chi connectivity index (χ0n) is 28.5. The molecule has 0 N–H and O–H groups in total. The number of aryl methyl sites for hydroxylation is 1. The van der Waals surface area contributed by atoms with Crippen molar-refractivity contribution in [3.63, 3.8) is 0 Å². The number of fused-ring (bicyclic) bond motifs is 7. The Kier molecular flexibility index (Phi) is 7.65. The molecule has 0 saturated heterocycles. The SMILES string of the molecule is C=C(C)[C@@H]1CC[C@]2(C(=O)OC)CC[C@]3(C)C(CCC4[C@]5(C)CC[C@@H](OS(=O)(=O)c6ccc(C)cc6)C(C)(C)[C@H]5CC[C@]43C)[C@@H]12. The number of rotatable bonds is 5. The highest BCUT2D eigenvalue weighted by atomic mass is 32.2. The third-order valence-corrected chi connectivity index (χ3v) is 16.5. The molecule has 5 fully saturated rings. The van der Waals surface area contributed by atoms with Crippen LogP contribution < -0.4 is 0 Å². The Morgan fingerprint density at radius 1 is 0.841 bits per heavy atom. The molecule has 0 amide bonds. The third-order valence-electron chi connectivity index (χ3n) is 15.2. The number of carbonyl (C=O) groups excluding carboxylic acids is 1. The van der Waals surface area contributed by atoms with Gasteiger partial charge in [0.25, 0.3) is 10.1 Å². The van der Waals surface area contributed by atoms with Crippen molar-refractivity contribution in [1.82, 2.24) is 0 Å². The van der Waals surface area contributed by atoms with Gasteiger partial charge in [0.2, 0.25) is 0 Å². The molecule has 1 aromatic carbocycles. The molecule has 5 nitrogen and oxygen atoms in total. The highest BCUT2D eigenvalue weighted by Crippen LogP contribution is 2.77. The number of ether oxygens (including phenoxy) is 1. The lowest BCUT2D eigenvalue weighted by Crippen LogP contribution is -2.67. The predicted molar refractivity (Wildman–Crippen MR) is 174 cm³/mol. The number of methoxy groups -OCH3 is 1. The first-order chi connectivity index (χ1) is 20.5. The Hall–Kier alpha value is -1.66. The summed E-state index contributed by atoms with van der Waals surface area (Å²) in [5.74, 6) is 2.12. The van der Waals surface area contributed by atoms with Crippen molar-refractivity contribution in [2.75, 3.05) is 7.11 Å². The monoisotopic (exact) mass is 624 g/mol. The van der Waals surface area contributed by atoms with E-state index in [0.29, 0.717) is 29.6 Å². The Morgan fingerprint density at radius 3 is 2.16 bits per heavy atom. The molecule has 1 aromatic rings. The largest absolute Gasteiger partial charge is 0.469 e. The van der Waals surface area contributed by atoms with Gasteiger partial charge in [-0.2, -0.15) is 8.42 Å². The number of benzene rings is 1. The van der Waals surface area contributed by atoms with Gasteiger partial charge in [0.15, 0.2) is 0 Å². The first kappa shape index (κ1) is 32.3. The summed E-state index contributed by atoms with van der Waals surface area (Å²) in [6.07, 6.45) is 9.90. The van der Waals surface area contributed by atoms with E-state index in [0.717, 1.165) is 63.4 Å². The van der Waals surface area contributed by atoms with Crippen molar-refractivity contribution < 1.29 is 22.1 Å². The van der Waals surface area contributed by atoms with Gasteiger partial charge in [-0.1, -0.05) is 64.5 Å². The van der Waals surface area contributed by atoms with Crippen molar-refractivity contribution >= 4 is 16.1 Å². The highest BCUT2D eigenvalue weighted by Gasteiger charge is 2.72. The summed E-state index contributed by atoms with van der Waals surface area (Å²) in [5, 5.41) is 0. The van der Waals surface area contributed by atoms with Gasteiger partial charge < -0.3 is 4.74 Å². The first-order valence-electron chi connectivity index (χ1n) is 17.2. The molecule has 5 saturated carbocycles. The van der Waals surface area contributed by atoms with E-state index in [1.54, 1.807) is 19.2 Å². The molecule has 244 valence electrons. The molecule has 5 aliphatic rings. The average molecular weight is 625 g/mol. The van der Waals surface area contributed by atoms with Gasteiger partial charge in [0, 0.05) is 0 Å². The summed E-state index contributed by atoms with van der Waals surface area (Å²) in [6.45, 7) is 20.8. The van der Waals surface area contributed by atoms with Gasteiger partial charge >= 0.3 is 5.97 Å². The lowest BCUT2D eigenvalue weighted by atomic mass is 9.32. The fraction of sp³-hybridized carbons (Fsp3) is 0.763. The number of carbonyl (C=O) groups is 1. The molecule has 10 atom stereocenters. The van der Waals surface area contributed by atoms with Crippen LogP contribution in [-0.2, 0) is 23.8 Å². The van der Waals surface area contributed by atoms with Crippen LogP contribution in [0, 0.1) is 63.6 Å². The maximum Gasteiger partial charge on any atom is 0.312 e. The summed E-state index contributed by atoms with van der Waals surface area (Å²) in [6, 6.07) is 7.00. The Bertz CT molecular complexity index is 1430. The van der Waals surface area contributed by atoms with E-state index in [2.05, 4.69) is 48.1 Å². The third kappa shape index (κ3) is 4.31. The van der Waals surface area contributed by atoms with Crippen molar-refractivity contribution in [2.45, 2.75) is 124 Å². The molecule has 0 radical (unpaired) electrons. The van der Waals surface area contributed by atoms with Gasteiger partial charge in [-0.25, -0.2) is 0 Å². The van der Waals surface area contributed by atoms with E-state index in [1.165, 1.54) is 12.0 Å². The molecule has 0 spiro atoms. The Balaban J connectivity index is 1.30. The van der Waals surface area contributed by atoms with Crippen LogP contribution in [0.2, 0.25) is 0 Å². The van der Waals surface area contributed by atoms with Crippen LogP contribution in [0.5, 0.6) is 0 Å². The minimum atomic E-state index is -3.85. The number of esters is 1. The molecule has 0 aromatic heterocycles. The topological polar surface area (TPSA) is 69.7 Å². The van der Waals surface area contributed by atoms with E-state index < -0.39 is 10.1 Å². The lowest BCUT2D eigenvalue weighted by Gasteiger charge is -2.72. The van der Waals surface area contributed by atoms with Crippen LogP contribution in [0.25, 0.3) is 0 Å². The highest BCUT2D eigenvalue weighted by molar-refractivity contribution is 7.86. The number of allylic oxidation sites excluding steroid dienone is 1. The normalized spacial score (nSPS) is 44.5. The second kappa shape index (κ2) is 10.4. The van der Waals surface area contributed by atoms with Crippen LogP contribution in [0.1, 0.15) is 111 Å². The van der Waals surface area contributed by atoms with Crippen molar-refractivity contribution in [2.24, 2.45) is 56.7 Å². The Morgan fingerprint density at radius 2 is 1.52 bits per heavy atom. The minimum absolute atomic E-state index is 0.0110. The van der Waals surface area contributed by atoms with Crippen molar-refractivity contribution in [1.29, 1.82) is 0 Å². The fourth-order valence-corrected chi connectivity index (χ4v) is 14.0. The average Bonchev–Trinajstić information content (AvgIpc) is 3.36. The maximum absolute atomic E-state index is 13.5. The summed E-state index contributed by atoms with van der Waals surface area (Å²) in [4.78, 5) is 13.8. The lowest BCUT2D eigenvalue weighted by molar-refractivity contribution is -0.246. The van der Waals surface area contributed by atoms with Crippen molar-refractivity contribution in [3.8, 4) is 0 Å². The molecular weight excluding hydrogens is 568 g/mol. The maximum atomic E-state index is 13.5. The zero-order chi connectivity index (χ0) is 32.1.